The Labute approximate surface area is 107 Å². The lowest BCUT2D eigenvalue weighted by Gasteiger charge is -2.21. The van der Waals surface area contributed by atoms with E-state index in [2.05, 4.69) is 9.80 Å². The van der Waals surface area contributed by atoms with E-state index in [9.17, 15) is 0 Å². The molecule has 0 aliphatic carbocycles. The first-order valence-corrected chi connectivity index (χ1v) is 6.08. The minimum absolute atomic E-state index is 0.719. The Morgan fingerprint density at radius 3 is 2.25 bits per heavy atom. The third kappa shape index (κ3) is 3.90. The molecule has 0 fully saturated rings. The molecule has 0 radical (unpaired) electrons. The van der Waals surface area contributed by atoms with Crippen molar-refractivity contribution in [2.75, 3.05) is 52.3 Å². The van der Waals surface area contributed by atoms with Crippen LogP contribution in [0.25, 0.3) is 0 Å². The molecule has 0 aliphatic rings. The quantitative estimate of drug-likeness (QED) is 0.548. The normalized spacial score (nSPS) is 11.2. The Kier molecular flexibility index (Phi) is 5.48. The van der Waals surface area contributed by atoms with Gasteiger partial charge in [0, 0.05) is 20.1 Å². The van der Waals surface area contributed by atoms with E-state index in [0.29, 0.717) is 0 Å². The zero-order valence-corrected chi connectivity index (χ0v) is 11.7. The molecule has 0 unspecified atom stereocenters. The lowest BCUT2D eigenvalue weighted by molar-refractivity contribution is 0.123. The zero-order valence-electron chi connectivity index (χ0n) is 10.0. The molecule has 0 amide bonds. The highest BCUT2D eigenvalue weighted by molar-refractivity contribution is 7.74. The molecule has 3 nitrogen and oxygen atoms in total. The fourth-order valence-electron chi connectivity index (χ4n) is 1.26. The van der Waals surface area contributed by atoms with Crippen LogP contribution in [-0.2, 0) is 4.74 Å². The number of hydrogen-bond donors (Lipinski definition) is 0. The van der Waals surface area contributed by atoms with Crippen molar-refractivity contribution >= 4 is 30.1 Å². The summed E-state index contributed by atoms with van der Waals surface area (Å²) in [6.07, 6.45) is 0. The second-order valence-corrected chi connectivity index (χ2v) is 4.91. The summed E-state index contributed by atoms with van der Waals surface area (Å²) in [6, 6.07) is 1.94. The van der Waals surface area contributed by atoms with E-state index >= 15 is 0 Å². The molecule has 0 spiro atoms. The number of anilines is 1. The van der Waals surface area contributed by atoms with Crippen molar-refractivity contribution < 1.29 is 4.74 Å². The van der Waals surface area contributed by atoms with Crippen LogP contribution in [0, 0.1) is 9.02 Å². The summed E-state index contributed by atoms with van der Waals surface area (Å²) in [5, 5.41) is 0. The summed E-state index contributed by atoms with van der Waals surface area (Å²) in [5.74, 6) is 0. The van der Waals surface area contributed by atoms with E-state index in [1.54, 1.807) is 0 Å². The molecule has 0 saturated heterocycles. The maximum Gasteiger partial charge on any atom is 0.0792 e. The molecule has 5 heteroatoms. The largest absolute Gasteiger partial charge is 0.378 e. The molecule has 16 heavy (non-hydrogen) atoms. The summed E-state index contributed by atoms with van der Waals surface area (Å²) < 4.78 is 7.12. The molecule has 1 rings (SSSR count). The first-order chi connectivity index (χ1) is 7.52. The fraction of sp³-hybridized carbons (Fsp3) is 0.636. The second kappa shape index (κ2) is 6.39. The average Bonchev–Trinajstić information content (AvgIpc) is 2.24. The molecule has 0 saturated carbocycles. The van der Waals surface area contributed by atoms with Crippen LogP contribution in [0.5, 0.6) is 0 Å². The van der Waals surface area contributed by atoms with Crippen LogP contribution in [0.1, 0.15) is 0 Å². The molecule has 0 heterocycles. The van der Waals surface area contributed by atoms with Gasteiger partial charge in [0.1, 0.15) is 0 Å². The lowest BCUT2D eigenvalue weighted by atomic mass is 10.2. The summed E-state index contributed by atoms with van der Waals surface area (Å²) in [6.45, 7) is 3.29. The molecule has 90 valence electrons. The van der Waals surface area contributed by atoms with Crippen LogP contribution in [0.3, 0.4) is 0 Å². The molecule has 0 aliphatic heterocycles. The van der Waals surface area contributed by atoms with Gasteiger partial charge in [0.2, 0.25) is 0 Å². The van der Waals surface area contributed by atoms with Gasteiger partial charge >= 0.3 is 0 Å². The lowest BCUT2D eigenvalue weighted by Crippen LogP contribution is -2.25. The Morgan fingerprint density at radius 1 is 1.12 bits per heavy atom. The van der Waals surface area contributed by atoms with Gasteiger partial charge in [-0.3, -0.25) is 0 Å². The van der Waals surface area contributed by atoms with Crippen LogP contribution in [0.4, 0.5) is 5.69 Å². The van der Waals surface area contributed by atoms with Crippen molar-refractivity contribution in [3.05, 3.63) is 15.1 Å². The summed E-state index contributed by atoms with van der Waals surface area (Å²) in [4.78, 5) is 4.19. The Morgan fingerprint density at radius 2 is 1.75 bits per heavy atom. The fourth-order valence-corrected chi connectivity index (χ4v) is 1.75. The Balaban J connectivity index is 2.17. The van der Waals surface area contributed by atoms with Gasteiger partial charge in [0.25, 0.3) is 0 Å². The molecule has 0 bridgehead atoms. The Bertz CT molecular complexity index is 396. The van der Waals surface area contributed by atoms with Crippen molar-refractivity contribution in [3.8, 4) is 0 Å². The molecule has 1 aromatic carbocycles. The molecular formula is C11H18N2OS2. The predicted molar refractivity (Wildman–Crippen MR) is 73.1 cm³/mol. The van der Waals surface area contributed by atoms with Gasteiger partial charge in [-0.1, -0.05) is 24.4 Å². The highest BCUT2D eigenvalue weighted by Crippen LogP contribution is 2.20. The predicted octanol–water partition coefficient (Wildman–Crippen LogP) is 2.04. The van der Waals surface area contributed by atoms with Crippen molar-refractivity contribution in [1.82, 2.24) is 4.90 Å². The van der Waals surface area contributed by atoms with Gasteiger partial charge in [0.05, 0.1) is 27.9 Å². The molecule has 1 aromatic rings. The summed E-state index contributed by atoms with van der Waals surface area (Å²) in [5.41, 5.74) is 1.07. The highest BCUT2D eigenvalue weighted by atomic mass is 32.1. The standard InChI is InChI=1S/C11H18N2OS2/c1-12(2)4-6-14-7-5-13(3)9-8-10(15)11(9)16/h8H,4-7H2,1-3H3. The third-order valence-electron chi connectivity index (χ3n) is 2.39. The minimum Gasteiger partial charge on any atom is -0.378 e. The van der Waals surface area contributed by atoms with Crippen LogP contribution in [-0.4, -0.2) is 52.3 Å². The van der Waals surface area contributed by atoms with Crippen molar-refractivity contribution in [2.45, 2.75) is 0 Å². The molecular weight excluding hydrogens is 240 g/mol. The van der Waals surface area contributed by atoms with E-state index in [1.165, 1.54) is 0 Å². The third-order valence-corrected chi connectivity index (χ3v) is 3.27. The zero-order chi connectivity index (χ0) is 12.1. The second-order valence-electron chi connectivity index (χ2n) is 4.06. The molecule has 0 atom stereocenters. The van der Waals surface area contributed by atoms with Gasteiger partial charge in [-0.05, 0) is 20.2 Å². The summed E-state index contributed by atoms with van der Waals surface area (Å²) >= 11 is 10.1. The van der Waals surface area contributed by atoms with E-state index in [4.69, 9.17) is 29.2 Å². The Hall–Kier alpha value is -0.360. The van der Waals surface area contributed by atoms with Crippen molar-refractivity contribution in [3.63, 3.8) is 0 Å². The highest BCUT2D eigenvalue weighted by Gasteiger charge is 2.07. The average molecular weight is 258 g/mol. The smallest absolute Gasteiger partial charge is 0.0792 e. The van der Waals surface area contributed by atoms with E-state index in [0.717, 1.165) is 41.0 Å². The number of ether oxygens (including phenoxy) is 1. The van der Waals surface area contributed by atoms with Gasteiger partial charge < -0.3 is 14.5 Å². The number of likely N-dealkylation sites (N-methyl/N-ethyl adjacent to an activating group) is 2. The monoisotopic (exact) mass is 258 g/mol. The SMILES string of the molecule is CN(C)CCOCCN(C)c1cc(=S)c1=S. The number of rotatable bonds is 7. The summed E-state index contributed by atoms with van der Waals surface area (Å²) in [7, 11) is 6.08. The first-order valence-electron chi connectivity index (χ1n) is 5.26. The number of nitrogens with zero attached hydrogens (tertiary/aromatic N) is 2. The minimum atomic E-state index is 0.719. The van der Waals surface area contributed by atoms with E-state index in [-0.39, 0.29) is 0 Å². The van der Waals surface area contributed by atoms with Gasteiger partial charge in [-0.2, -0.15) is 0 Å². The van der Waals surface area contributed by atoms with Crippen LogP contribution in [0.2, 0.25) is 0 Å². The van der Waals surface area contributed by atoms with E-state index < -0.39 is 0 Å². The van der Waals surface area contributed by atoms with Gasteiger partial charge in [-0.25, -0.2) is 0 Å². The topological polar surface area (TPSA) is 15.7 Å². The van der Waals surface area contributed by atoms with E-state index in [1.807, 2.05) is 27.2 Å². The molecule has 0 N–H and O–H groups in total. The van der Waals surface area contributed by atoms with Gasteiger partial charge in [-0.15, -0.1) is 0 Å². The first kappa shape index (κ1) is 13.7. The van der Waals surface area contributed by atoms with Crippen molar-refractivity contribution in [1.29, 1.82) is 0 Å². The van der Waals surface area contributed by atoms with Crippen LogP contribution < -0.4 is 4.90 Å². The maximum atomic E-state index is 5.51. The van der Waals surface area contributed by atoms with Crippen LogP contribution >= 0.6 is 24.4 Å². The van der Waals surface area contributed by atoms with Crippen LogP contribution in [0.15, 0.2) is 6.07 Å². The number of hydrogen-bond acceptors (Lipinski definition) is 5. The maximum absolute atomic E-state index is 5.51. The van der Waals surface area contributed by atoms with Crippen molar-refractivity contribution in [2.24, 2.45) is 0 Å². The van der Waals surface area contributed by atoms with Gasteiger partial charge in [0.15, 0.2) is 0 Å². The molecule has 0 aromatic heterocycles.